The van der Waals surface area contributed by atoms with Crippen molar-refractivity contribution in [3.05, 3.63) is 35.9 Å². The number of thioether (sulfide) groups is 2. The summed E-state index contributed by atoms with van der Waals surface area (Å²) in [5.74, 6) is 0.657. The fourth-order valence-electron chi connectivity index (χ4n) is 5.11. The summed E-state index contributed by atoms with van der Waals surface area (Å²) in [5.41, 5.74) is -1.71. The van der Waals surface area contributed by atoms with E-state index in [1.165, 1.54) is 80.2 Å². The summed E-state index contributed by atoms with van der Waals surface area (Å²) >= 11 is 2.83. The van der Waals surface area contributed by atoms with Crippen LogP contribution in [0.5, 0.6) is 0 Å². The van der Waals surface area contributed by atoms with Crippen LogP contribution in [0.4, 0.5) is 32.9 Å². The van der Waals surface area contributed by atoms with E-state index < -0.39 is 35.2 Å². The average molecular weight is 841 g/mol. The number of rotatable bonds is 22. The molecule has 0 bridgehead atoms. The van der Waals surface area contributed by atoms with Gasteiger partial charge in [0.2, 0.25) is 0 Å². The van der Waals surface area contributed by atoms with Crippen LogP contribution < -0.4 is 21.3 Å². The van der Waals surface area contributed by atoms with E-state index >= 15 is 0 Å². The molecule has 0 aliphatic heterocycles. The lowest BCUT2D eigenvalue weighted by molar-refractivity contribution is 0.0623. The molecule has 0 aromatic carbocycles. The largest absolute Gasteiger partial charge is 0.444 e. The van der Waals surface area contributed by atoms with Crippen molar-refractivity contribution in [2.24, 2.45) is 0 Å². The molecule has 3 aromatic rings. The van der Waals surface area contributed by atoms with E-state index in [9.17, 15) is 19.2 Å². The fourth-order valence-corrected chi connectivity index (χ4v) is 6.82. The van der Waals surface area contributed by atoms with Gasteiger partial charge in [-0.1, -0.05) is 102 Å². The molecule has 0 unspecified atom stereocenters. The van der Waals surface area contributed by atoms with Crippen molar-refractivity contribution in [2.75, 3.05) is 32.8 Å². The first kappa shape index (κ1) is 47.8. The number of hydrogen-bond donors (Lipinski definition) is 4. The first-order valence-corrected chi connectivity index (χ1v) is 22.0. The Morgan fingerprint density at radius 2 is 0.862 bits per heavy atom. The van der Waals surface area contributed by atoms with E-state index in [-0.39, 0.29) is 34.7 Å². The van der Waals surface area contributed by atoms with Gasteiger partial charge in [-0.15, -0.1) is 0 Å². The summed E-state index contributed by atoms with van der Waals surface area (Å²) in [7, 11) is 0. The first-order chi connectivity index (χ1) is 27.5. The quantitative estimate of drug-likeness (QED) is 0.0421. The number of aromatic nitrogens is 6. The van der Waals surface area contributed by atoms with Crippen LogP contribution in [0.3, 0.4) is 0 Å². The van der Waals surface area contributed by atoms with Crippen LogP contribution >= 0.6 is 23.5 Å². The fraction of sp³-hybridized carbons (Fsp3) is 0.600. The highest BCUT2D eigenvalue weighted by Gasteiger charge is 2.21. The van der Waals surface area contributed by atoms with Gasteiger partial charge < -0.3 is 20.1 Å². The first-order valence-electron chi connectivity index (χ1n) is 20.0. The number of anilines is 4. The molecule has 0 saturated heterocycles. The van der Waals surface area contributed by atoms with Gasteiger partial charge in [-0.25, -0.2) is 39.5 Å². The Morgan fingerprint density at radius 3 is 1.22 bits per heavy atom. The number of ether oxygens (including phenoxy) is 2. The molecule has 0 radical (unpaired) electrons. The molecule has 0 aliphatic rings. The van der Waals surface area contributed by atoms with Gasteiger partial charge in [0.25, 0.3) is 11.8 Å². The van der Waals surface area contributed by atoms with E-state index in [1.807, 2.05) is 0 Å². The Morgan fingerprint density at radius 1 is 0.517 bits per heavy atom. The number of carbonyl (C=O) groups is 4. The van der Waals surface area contributed by atoms with Crippen molar-refractivity contribution in [1.29, 1.82) is 0 Å². The molecule has 18 heteroatoms. The molecule has 58 heavy (non-hydrogen) atoms. The Labute approximate surface area is 350 Å². The SMILES string of the molecule is CCCCCCCCSc1nc(NC(=O)OC(C)(C)C)cc(NC(=O)c2cc(C(=O)Nc3cc(NC(=O)OC(C)(C)C)nc(SCCCCCCCC)n3)ncn2)n1. The van der Waals surface area contributed by atoms with E-state index in [0.29, 0.717) is 10.3 Å². The van der Waals surface area contributed by atoms with Crippen molar-refractivity contribution >= 4 is 70.8 Å². The lowest BCUT2D eigenvalue weighted by atomic mass is 10.1. The van der Waals surface area contributed by atoms with Gasteiger partial charge in [0.05, 0.1) is 0 Å². The summed E-state index contributed by atoms with van der Waals surface area (Å²) < 4.78 is 10.8. The average Bonchev–Trinajstić information content (AvgIpc) is 3.12. The van der Waals surface area contributed by atoms with Crippen LogP contribution in [-0.2, 0) is 9.47 Å². The Bertz CT molecular complexity index is 1680. The third kappa shape index (κ3) is 19.7. The molecule has 16 nitrogen and oxygen atoms in total. The van der Waals surface area contributed by atoms with E-state index in [2.05, 4.69) is 65.0 Å². The molecule has 0 atom stereocenters. The summed E-state index contributed by atoms with van der Waals surface area (Å²) in [4.78, 5) is 78.1. The van der Waals surface area contributed by atoms with Crippen LogP contribution in [0.15, 0.2) is 34.8 Å². The van der Waals surface area contributed by atoms with Crippen molar-refractivity contribution in [3.8, 4) is 0 Å². The van der Waals surface area contributed by atoms with E-state index in [4.69, 9.17) is 9.47 Å². The molecule has 0 aliphatic carbocycles. The molecule has 4 amide bonds. The van der Waals surface area contributed by atoms with Crippen molar-refractivity contribution in [1.82, 2.24) is 29.9 Å². The number of unbranched alkanes of at least 4 members (excludes halogenated alkanes) is 10. The van der Waals surface area contributed by atoms with Gasteiger partial charge in [0.1, 0.15) is 52.2 Å². The van der Waals surface area contributed by atoms with Crippen LogP contribution in [0.2, 0.25) is 0 Å². The minimum atomic E-state index is -0.734. The Balaban J connectivity index is 1.76. The molecular weight excluding hydrogens is 781 g/mol. The Kier molecular flexibility index (Phi) is 20.1. The molecule has 4 N–H and O–H groups in total. The predicted octanol–water partition coefficient (Wildman–Crippen LogP) is 10.2. The highest BCUT2D eigenvalue weighted by molar-refractivity contribution is 7.99. The van der Waals surface area contributed by atoms with E-state index in [1.54, 1.807) is 41.5 Å². The monoisotopic (exact) mass is 840 g/mol. The molecule has 3 heterocycles. The zero-order valence-corrected chi connectivity index (χ0v) is 36.8. The molecule has 3 rings (SSSR count). The van der Waals surface area contributed by atoms with Gasteiger partial charge in [0, 0.05) is 29.7 Å². The highest BCUT2D eigenvalue weighted by Crippen LogP contribution is 2.24. The summed E-state index contributed by atoms with van der Waals surface area (Å²) in [6, 6.07) is 4.05. The number of carbonyl (C=O) groups excluding carboxylic acids is 4. The van der Waals surface area contributed by atoms with Crippen molar-refractivity contribution < 1.29 is 28.7 Å². The lowest BCUT2D eigenvalue weighted by Gasteiger charge is -2.19. The zero-order valence-electron chi connectivity index (χ0n) is 35.2. The second kappa shape index (κ2) is 24.4. The maximum absolute atomic E-state index is 13.5. The van der Waals surface area contributed by atoms with E-state index in [0.717, 1.165) is 56.4 Å². The van der Waals surface area contributed by atoms with Gasteiger partial charge in [0.15, 0.2) is 10.3 Å². The number of nitrogens with zero attached hydrogens (tertiary/aromatic N) is 6. The molecule has 0 spiro atoms. The predicted molar refractivity (Wildman–Crippen MR) is 230 cm³/mol. The second-order valence-corrected chi connectivity index (χ2v) is 17.6. The maximum Gasteiger partial charge on any atom is 0.413 e. The summed E-state index contributed by atoms with van der Waals surface area (Å²) in [6.07, 6.45) is 13.3. The molecular formula is C40H60N10O6S2. The third-order valence-electron chi connectivity index (χ3n) is 7.74. The van der Waals surface area contributed by atoms with Crippen LogP contribution in [0.1, 0.15) is 153 Å². The third-order valence-corrected chi connectivity index (χ3v) is 9.61. The van der Waals surface area contributed by atoms with Gasteiger partial charge in [-0.3, -0.25) is 20.2 Å². The standard InChI is InChI=1S/C40H60N10O6S2/c1-9-11-13-15-17-19-21-57-35-45-29(24-31(47-35)49-37(53)55-39(3,4)5)43-33(51)27-23-28(42-26-41-27)34(52)44-30-25-32(50-38(54)56-40(6,7)8)48-36(46-30)58-22-20-18-16-14-12-10-2/h23-26H,9-22H2,1-8H3,(H2,43,45,47,49,51,53)(H2,44,46,48,50,52,54). The Hall–Kier alpha value is -4.58. The van der Waals surface area contributed by atoms with Gasteiger partial charge >= 0.3 is 12.2 Å². The minimum Gasteiger partial charge on any atom is -0.444 e. The minimum absolute atomic E-state index is 0.109. The summed E-state index contributed by atoms with van der Waals surface area (Å²) in [5, 5.41) is 11.3. The van der Waals surface area contributed by atoms with Crippen LogP contribution in [0.25, 0.3) is 0 Å². The van der Waals surface area contributed by atoms with Gasteiger partial charge in [-0.2, -0.15) is 0 Å². The van der Waals surface area contributed by atoms with Gasteiger partial charge in [-0.05, 0) is 54.4 Å². The molecule has 0 saturated carbocycles. The zero-order chi connectivity index (χ0) is 42.6. The number of amides is 4. The van der Waals surface area contributed by atoms with Crippen LogP contribution in [0, 0.1) is 0 Å². The normalized spacial score (nSPS) is 11.4. The number of nitrogens with one attached hydrogen (secondary N) is 4. The van der Waals surface area contributed by atoms with Crippen molar-refractivity contribution in [3.63, 3.8) is 0 Å². The molecule has 318 valence electrons. The number of hydrogen-bond acceptors (Lipinski definition) is 14. The van der Waals surface area contributed by atoms with Crippen LogP contribution in [-0.4, -0.2) is 76.6 Å². The molecule has 3 aromatic heterocycles. The van der Waals surface area contributed by atoms with Crippen molar-refractivity contribution in [2.45, 2.75) is 154 Å². The maximum atomic E-state index is 13.5. The lowest BCUT2D eigenvalue weighted by Crippen LogP contribution is -2.27. The summed E-state index contributed by atoms with van der Waals surface area (Å²) in [6.45, 7) is 14.9. The molecule has 0 fully saturated rings. The smallest absolute Gasteiger partial charge is 0.413 e. The second-order valence-electron chi connectivity index (χ2n) is 15.5. The topological polar surface area (TPSA) is 212 Å². The highest BCUT2D eigenvalue weighted by atomic mass is 32.2.